The topological polar surface area (TPSA) is 68.5 Å². The summed E-state index contributed by atoms with van der Waals surface area (Å²) in [4.78, 5) is 23.0. The van der Waals surface area contributed by atoms with E-state index in [1.165, 1.54) is 30.3 Å². The van der Waals surface area contributed by atoms with E-state index in [9.17, 15) is 14.0 Å². The number of halogens is 1. The van der Waals surface area contributed by atoms with E-state index in [4.69, 9.17) is 9.15 Å². The van der Waals surface area contributed by atoms with E-state index in [1.807, 2.05) is 0 Å². The average Bonchev–Trinajstić information content (AvgIpc) is 2.54. The van der Waals surface area contributed by atoms with Crippen molar-refractivity contribution in [3.63, 3.8) is 0 Å². The molecule has 23 heavy (non-hydrogen) atoms. The number of benzene rings is 2. The second kappa shape index (κ2) is 6.31. The van der Waals surface area contributed by atoms with Gasteiger partial charge in [0.05, 0.1) is 0 Å². The molecule has 0 spiro atoms. The van der Waals surface area contributed by atoms with Crippen LogP contribution in [0.2, 0.25) is 0 Å². The van der Waals surface area contributed by atoms with Gasteiger partial charge in [-0.2, -0.15) is 0 Å². The van der Waals surface area contributed by atoms with Gasteiger partial charge < -0.3 is 14.5 Å². The lowest BCUT2D eigenvalue weighted by Gasteiger charge is -2.08. The second-order valence-corrected chi connectivity index (χ2v) is 4.80. The Bertz CT molecular complexity index is 902. The Labute approximate surface area is 130 Å². The molecule has 0 aliphatic heterocycles. The number of ether oxygens (including phenoxy) is 1. The number of fused-ring (bicyclic) bond motifs is 1. The number of carbonyl (C=O) groups is 1. The average molecular weight is 313 g/mol. The number of carbonyl (C=O) groups excluding carboxylic acids is 1. The van der Waals surface area contributed by atoms with Gasteiger partial charge in [0.1, 0.15) is 17.1 Å². The first-order valence-electron chi connectivity index (χ1n) is 6.82. The smallest absolute Gasteiger partial charge is 0.336 e. The predicted molar refractivity (Wildman–Crippen MR) is 83.0 cm³/mol. The molecule has 0 fully saturated rings. The van der Waals surface area contributed by atoms with Gasteiger partial charge in [0.15, 0.2) is 6.61 Å². The van der Waals surface area contributed by atoms with Gasteiger partial charge in [-0.15, -0.1) is 0 Å². The molecule has 1 amide bonds. The van der Waals surface area contributed by atoms with E-state index in [1.54, 1.807) is 24.3 Å². The zero-order valence-electron chi connectivity index (χ0n) is 11.9. The van der Waals surface area contributed by atoms with Gasteiger partial charge in [0.25, 0.3) is 5.91 Å². The highest BCUT2D eigenvalue weighted by Crippen LogP contribution is 2.19. The standard InChI is InChI=1S/C17H12FNO4/c18-12-3-5-13(6-4-12)19-16(20)10-22-14-7-1-11-2-8-17(21)23-15(11)9-14/h1-9H,10H2,(H,19,20). The molecule has 116 valence electrons. The Morgan fingerprint density at radius 2 is 1.83 bits per heavy atom. The van der Waals surface area contributed by atoms with Crippen LogP contribution in [0.25, 0.3) is 11.0 Å². The lowest BCUT2D eigenvalue weighted by Crippen LogP contribution is -2.20. The lowest BCUT2D eigenvalue weighted by atomic mass is 10.2. The van der Waals surface area contributed by atoms with Gasteiger partial charge in [-0.05, 0) is 42.5 Å². The Balaban J connectivity index is 1.64. The summed E-state index contributed by atoms with van der Waals surface area (Å²) in [7, 11) is 0. The van der Waals surface area contributed by atoms with Gasteiger partial charge >= 0.3 is 5.63 Å². The number of hydrogen-bond donors (Lipinski definition) is 1. The molecule has 6 heteroatoms. The largest absolute Gasteiger partial charge is 0.484 e. The minimum atomic E-state index is -0.455. The third kappa shape index (κ3) is 3.74. The zero-order chi connectivity index (χ0) is 16.2. The van der Waals surface area contributed by atoms with Crippen LogP contribution in [0.4, 0.5) is 10.1 Å². The van der Waals surface area contributed by atoms with E-state index in [0.717, 1.165) is 5.39 Å². The van der Waals surface area contributed by atoms with E-state index in [0.29, 0.717) is 17.0 Å². The molecule has 5 nitrogen and oxygen atoms in total. The maximum atomic E-state index is 12.8. The van der Waals surface area contributed by atoms with E-state index in [-0.39, 0.29) is 18.3 Å². The molecule has 1 aromatic heterocycles. The van der Waals surface area contributed by atoms with Gasteiger partial charge in [-0.3, -0.25) is 4.79 Å². The fourth-order valence-electron chi connectivity index (χ4n) is 2.01. The Morgan fingerprint density at radius 3 is 2.61 bits per heavy atom. The zero-order valence-corrected chi connectivity index (χ0v) is 11.9. The summed E-state index contributed by atoms with van der Waals surface area (Å²) >= 11 is 0. The van der Waals surface area contributed by atoms with Crippen LogP contribution in [0.15, 0.2) is 63.8 Å². The molecule has 0 radical (unpaired) electrons. The van der Waals surface area contributed by atoms with Crippen LogP contribution in [-0.4, -0.2) is 12.5 Å². The summed E-state index contributed by atoms with van der Waals surface area (Å²) in [6, 6.07) is 13.3. The van der Waals surface area contributed by atoms with Crippen molar-refractivity contribution in [2.45, 2.75) is 0 Å². The second-order valence-electron chi connectivity index (χ2n) is 4.80. The van der Waals surface area contributed by atoms with Crippen LogP contribution in [-0.2, 0) is 4.79 Å². The first-order valence-corrected chi connectivity index (χ1v) is 6.82. The summed E-state index contributed by atoms with van der Waals surface area (Å²) in [5, 5.41) is 3.34. The van der Waals surface area contributed by atoms with Crippen LogP contribution < -0.4 is 15.7 Å². The van der Waals surface area contributed by atoms with Crippen molar-refractivity contribution >= 4 is 22.6 Å². The van der Waals surface area contributed by atoms with Crippen molar-refractivity contribution in [3.05, 3.63) is 70.8 Å². The minimum absolute atomic E-state index is 0.222. The van der Waals surface area contributed by atoms with Gasteiger partial charge in [-0.25, -0.2) is 9.18 Å². The van der Waals surface area contributed by atoms with E-state index < -0.39 is 5.63 Å². The Morgan fingerprint density at radius 1 is 1.09 bits per heavy atom. The molecule has 0 unspecified atom stereocenters. The summed E-state index contributed by atoms with van der Waals surface area (Å²) in [6.45, 7) is -0.222. The Kier molecular flexibility index (Phi) is 4.05. The quantitative estimate of drug-likeness (QED) is 0.752. The molecular formula is C17H12FNO4. The molecule has 0 saturated heterocycles. The minimum Gasteiger partial charge on any atom is -0.484 e. The molecule has 2 aromatic carbocycles. The Hall–Kier alpha value is -3.15. The summed E-state index contributed by atoms with van der Waals surface area (Å²) < 4.78 is 23.2. The van der Waals surface area contributed by atoms with Crippen LogP contribution >= 0.6 is 0 Å². The molecule has 3 rings (SSSR count). The number of anilines is 1. The molecule has 0 bridgehead atoms. The van der Waals surface area contributed by atoms with Gasteiger partial charge in [0, 0.05) is 23.2 Å². The van der Waals surface area contributed by atoms with Crippen molar-refractivity contribution in [1.82, 2.24) is 0 Å². The highest BCUT2D eigenvalue weighted by Gasteiger charge is 2.05. The molecule has 1 N–H and O–H groups in total. The first-order chi connectivity index (χ1) is 11.1. The molecule has 1 heterocycles. The monoisotopic (exact) mass is 313 g/mol. The normalized spacial score (nSPS) is 10.5. The molecule has 0 saturated carbocycles. The van der Waals surface area contributed by atoms with Crippen molar-refractivity contribution in [1.29, 1.82) is 0 Å². The number of rotatable bonds is 4. The molecule has 0 atom stereocenters. The van der Waals surface area contributed by atoms with Crippen LogP contribution in [0, 0.1) is 5.82 Å². The SMILES string of the molecule is O=C(COc1ccc2ccc(=O)oc2c1)Nc1ccc(F)cc1. The molecular weight excluding hydrogens is 301 g/mol. The number of amides is 1. The maximum absolute atomic E-state index is 12.8. The van der Waals surface area contributed by atoms with E-state index >= 15 is 0 Å². The van der Waals surface area contributed by atoms with Crippen molar-refractivity contribution in [2.24, 2.45) is 0 Å². The molecule has 3 aromatic rings. The van der Waals surface area contributed by atoms with Crippen LogP contribution in [0.3, 0.4) is 0 Å². The van der Waals surface area contributed by atoms with Crippen molar-refractivity contribution in [2.75, 3.05) is 11.9 Å². The van der Waals surface area contributed by atoms with E-state index in [2.05, 4.69) is 5.32 Å². The summed E-state index contributed by atoms with van der Waals surface area (Å²) in [6.07, 6.45) is 0. The third-order valence-electron chi connectivity index (χ3n) is 3.09. The fourth-order valence-corrected chi connectivity index (χ4v) is 2.01. The molecule has 0 aliphatic rings. The third-order valence-corrected chi connectivity index (χ3v) is 3.09. The highest BCUT2D eigenvalue weighted by atomic mass is 19.1. The van der Waals surface area contributed by atoms with Crippen molar-refractivity contribution < 1.29 is 18.3 Å². The lowest BCUT2D eigenvalue weighted by molar-refractivity contribution is -0.118. The molecule has 0 aliphatic carbocycles. The number of hydrogen-bond acceptors (Lipinski definition) is 4. The predicted octanol–water partition coefficient (Wildman–Crippen LogP) is 2.95. The first kappa shape index (κ1) is 14.8. The van der Waals surface area contributed by atoms with Crippen LogP contribution in [0.5, 0.6) is 5.75 Å². The number of nitrogens with one attached hydrogen (secondary N) is 1. The highest BCUT2D eigenvalue weighted by molar-refractivity contribution is 5.91. The fraction of sp³-hybridized carbons (Fsp3) is 0.0588. The van der Waals surface area contributed by atoms with Gasteiger partial charge in [0.2, 0.25) is 0 Å². The summed E-state index contributed by atoms with van der Waals surface area (Å²) in [5.74, 6) is -0.357. The summed E-state index contributed by atoms with van der Waals surface area (Å²) in [5.41, 5.74) is 0.405. The van der Waals surface area contributed by atoms with Crippen LogP contribution in [0.1, 0.15) is 0 Å². The van der Waals surface area contributed by atoms with Gasteiger partial charge in [-0.1, -0.05) is 0 Å². The maximum Gasteiger partial charge on any atom is 0.336 e. The van der Waals surface area contributed by atoms with Crippen molar-refractivity contribution in [3.8, 4) is 5.75 Å².